The van der Waals surface area contributed by atoms with Crippen LogP contribution in [0.5, 0.6) is 0 Å². The Hall–Kier alpha value is -0.925. The molecule has 13 heavy (non-hydrogen) atoms. The molecular formula is C9H18BNO2. The van der Waals surface area contributed by atoms with Crippen molar-refractivity contribution in [1.82, 2.24) is 5.32 Å². The van der Waals surface area contributed by atoms with Crippen LogP contribution in [0.1, 0.15) is 26.7 Å². The Bertz CT molecular complexity index is 180. The fourth-order valence-corrected chi connectivity index (χ4v) is 0.836. The van der Waals surface area contributed by atoms with Gasteiger partial charge < -0.3 is 10.1 Å². The summed E-state index contributed by atoms with van der Waals surface area (Å²) in [6.45, 7) is 8.08. The average molecular weight is 183 g/mol. The first-order chi connectivity index (χ1) is 6.02. The van der Waals surface area contributed by atoms with Crippen molar-refractivity contribution in [3.8, 4) is 0 Å². The number of carbonyl (C=O) groups excluding carboxylic acids is 1. The monoisotopic (exact) mass is 183 g/mol. The molecule has 0 saturated heterocycles. The van der Waals surface area contributed by atoms with E-state index in [1.807, 2.05) is 21.7 Å². The van der Waals surface area contributed by atoms with Gasteiger partial charge in [-0.15, -0.1) is 12.1 Å². The van der Waals surface area contributed by atoms with Gasteiger partial charge in [-0.3, -0.25) is 0 Å². The van der Waals surface area contributed by atoms with Crippen molar-refractivity contribution in [3.05, 3.63) is 12.1 Å². The Morgan fingerprint density at radius 1 is 1.62 bits per heavy atom. The third kappa shape index (κ3) is 8.99. The zero-order chi connectivity index (χ0) is 10.3. The molecule has 1 amide bonds. The van der Waals surface area contributed by atoms with Gasteiger partial charge in [0.1, 0.15) is 7.85 Å². The Morgan fingerprint density at radius 2 is 2.23 bits per heavy atom. The molecule has 0 atom stereocenters. The van der Waals surface area contributed by atoms with Gasteiger partial charge in [0.2, 0.25) is 0 Å². The fourth-order valence-electron chi connectivity index (χ4n) is 0.836. The van der Waals surface area contributed by atoms with E-state index in [0.717, 1.165) is 18.3 Å². The predicted octanol–water partition coefficient (Wildman–Crippen LogP) is 1.05. The van der Waals surface area contributed by atoms with Gasteiger partial charge in [0, 0.05) is 6.54 Å². The lowest BCUT2D eigenvalue weighted by molar-refractivity contribution is 0.115. The van der Waals surface area contributed by atoms with E-state index in [9.17, 15) is 4.79 Å². The van der Waals surface area contributed by atoms with E-state index < -0.39 is 0 Å². The lowest BCUT2D eigenvalue weighted by atomic mass is 9.93. The molecule has 0 saturated carbocycles. The Balaban J connectivity index is 3.32. The topological polar surface area (TPSA) is 38.3 Å². The van der Waals surface area contributed by atoms with Crippen LogP contribution < -0.4 is 5.32 Å². The van der Waals surface area contributed by atoms with Crippen molar-refractivity contribution < 1.29 is 9.53 Å². The zero-order valence-corrected chi connectivity index (χ0v) is 8.72. The first kappa shape index (κ1) is 12.1. The van der Waals surface area contributed by atoms with Crippen LogP contribution >= 0.6 is 0 Å². The van der Waals surface area contributed by atoms with Crippen molar-refractivity contribution in [1.29, 1.82) is 0 Å². The van der Waals surface area contributed by atoms with Crippen LogP contribution in [0, 0.1) is 0 Å². The van der Waals surface area contributed by atoms with Crippen LogP contribution in [0.2, 0.25) is 0 Å². The van der Waals surface area contributed by atoms with Gasteiger partial charge in [0.15, 0.2) is 0 Å². The highest BCUT2D eigenvalue weighted by Crippen LogP contribution is 1.95. The maximum absolute atomic E-state index is 10.9. The molecule has 3 nitrogen and oxygen atoms in total. The molecule has 0 unspecified atom stereocenters. The summed E-state index contributed by atoms with van der Waals surface area (Å²) in [5.74, 6) is 0. The van der Waals surface area contributed by atoms with E-state index in [-0.39, 0.29) is 12.2 Å². The molecular weight excluding hydrogens is 165 g/mol. The molecule has 4 heteroatoms. The quantitative estimate of drug-likeness (QED) is 0.511. The molecule has 0 aliphatic heterocycles. The highest BCUT2D eigenvalue weighted by Gasteiger charge is 2.02. The first-order valence-electron chi connectivity index (χ1n) is 4.61. The van der Waals surface area contributed by atoms with E-state index in [4.69, 9.17) is 4.74 Å². The van der Waals surface area contributed by atoms with Gasteiger partial charge in [-0.25, -0.2) is 4.79 Å². The van der Waals surface area contributed by atoms with Crippen LogP contribution in [0.25, 0.3) is 0 Å². The smallest absolute Gasteiger partial charge is 0.407 e. The van der Waals surface area contributed by atoms with Gasteiger partial charge in [-0.2, -0.15) is 0 Å². The minimum Gasteiger partial charge on any atom is -0.447 e. The van der Waals surface area contributed by atoms with Crippen molar-refractivity contribution in [2.45, 2.75) is 32.8 Å². The summed E-state index contributed by atoms with van der Waals surface area (Å²) in [4.78, 5) is 10.9. The summed E-state index contributed by atoms with van der Waals surface area (Å²) in [7, 11) is 1.98. The van der Waals surface area contributed by atoms with Crippen molar-refractivity contribution in [3.63, 3.8) is 0 Å². The van der Waals surface area contributed by atoms with Gasteiger partial charge in [0.25, 0.3) is 0 Å². The molecule has 0 bridgehead atoms. The molecule has 0 radical (unpaired) electrons. The molecule has 0 aromatic heterocycles. The summed E-state index contributed by atoms with van der Waals surface area (Å²) in [6.07, 6.45) is 1.47. The molecule has 0 aliphatic rings. The third-order valence-electron chi connectivity index (χ3n) is 1.39. The summed E-state index contributed by atoms with van der Waals surface area (Å²) >= 11 is 0. The maximum Gasteiger partial charge on any atom is 0.407 e. The Labute approximate surface area is 80.9 Å². The number of amides is 1. The normalized spacial score (nSPS) is 9.77. The summed E-state index contributed by atoms with van der Waals surface area (Å²) in [6, 6.07) is 0. The Morgan fingerprint density at radius 3 is 2.69 bits per heavy atom. The molecule has 0 aliphatic carbocycles. The van der Waals surface area contributed by atoms with Crippen molar-refractivity contribution in [2.24, 2.45) is 0 Å². The minimum absolute atomic E-state index is 0.0545. The first-order valence-corrected chi connectivity index (χ1v) is 4.61. The van der Waals surface area contributed by atoms with E-state index in [2.05, 4.69) is 11.9 Å². The average Bonchev–Trinajstić information content (AvgIpc) is 1.96. The summed E-state index contributed by atoms with van der Waals surface area (Å²) in [5.41, 5.74) is 1.14. The lowest BCUT2D eigenvalue weighted by Crippen LogP contribution is -2.27. The van der Waals surface area contributed by atoms with E-state index in [1.54, 1.807) is 0 Å². The van der Waals surface area contributed by atoms with Crippen molar-refractivity contribution in [2.75, 3.05) is 6.54 Å². The zero-order valence-electron chi connectivity index (χ0n) is 8.72. The van der Waals surface area contributed by atoms with Crippen LogP contribution in [-0.2, 0) is 4.74 Å². The number of rotatable bonds is 5. The van der Waals surface area contributed by atoms with E-state index in [1.165, 1.54) is 0 Å². The molecule has 0 fully saturated rings. The lowest BCUT2D eigenvalue weighted by Gasteiger charge is -2.09. The largest absolute Gasteiger partial charge is 0.447 e. The number of carbonyl (C=O) groups is 1. The maximum atomic E-state index is 10.9. The molecule has 74 valence electrons. The van der Waals surface area contributed by atoms with Crippen molar-refractivity contribution >= 4 is 13.9 Å². The minimum atomic E-state index is -0.336. The highest BCUT2D eigenvalue weighted by atomic mass is 16.6. The second-order valence-corrected chi connectivity index (χ2v) is 3.44. The second kappa shape index (κ2) is 6.58. The molecule has 0 heterocycles. The van der Waals surface area contributed by atoms with Gasteiger partial charge >= 0.3 is 6.09 Å². The van der Waals surface area contributed by atoms with Gasteiger partial charge in [-0.05, 0) is 26.7 Å². The molecule has 1 N–H and O–H groups in total. The fraction of sp³-hybridized carbons (Fsp3) is 0.667. The predicted molar refractivity (Wildman–Crippen MR) is 56.5 cm³/mol. The van der Waals surface area contributed by atoms with E-state index >= 15 is 0 Å². The number of alkyl carbamates (subject to hydrolysis) is 1. The second-order valence-electron chi connectivity index (χ2n) is 3.44. The summed E-state index contributed by atoms with van der Waals surface area (Å²) < 4.78 is 4.88. The van der Waals surface area contributed by atoms with Crippen LogP contribution in [0.4, 0.5) is 4.79 Å². The third-order valence-corrected chi connectivity index (χ3v) is 1.39. The number of allylic oxidation sites excluding steroid dienone is 1. The standard InChI is InChI=1S/C9H18BNO2/c1-7(2)13-9(12)11-6-4-5-8(3)10/h7H,3-6,10H2,1-2H3,(H,11,12). The number of hydrogen-bond acceptors (Lipinski definition) is 2. The van der Waals surface area contributed by atoms with Crippen LogP contribution in [-0.4, -0.2) is 26.6 Å². The molecule has 0 aromatic rings. The van der Waals surface area contributed by atoms with Crippen LogP contribution in [0.15, 0.2) is 12.1 Å². The SMILES string of the molecule is BC(=C)CCCNC(=O)OC(C)C. The number of nitrogens with one attached hydrogen (secondary N) is 1. The Kier molecular flexibility index (Phi) is 6.11. The van der Waals surface area contributed by atoms with E-state index in [0.29, 0.717) is 6.54 Å². The molecule has 0 spiro atoms. The van der Waals surface area contributed by atoms with Gasteiger partial charge in [-0.1, -0.05) is 0 Å². The van der Waals surface area contributed by atoms with Gasteiger partial charge in [0.05, 0.1) is 6.10 Å². The number of hydrogen-bond donors (Lipinski definition) is 1. The summed E-state index contributed by atoms with van der Waals surface area (Å²) in [5, 5.41) is 2.67. The molecule has 0 rings (SSSR count). The van der Waals surface area contributed by atoms with Crippen LogP contribution in [0.3, 0.4) is 0 Å². The number of ether oxygens (including phenoxy) is 1. The molecule has 0 aromatic carbocycles. The highest BCUT2D eigenvalue weighted by molar-refractivity contribution is 6.21.